The van der Waals surface area contributed by atoms with E-state index in [1.54, 1.807) is 0 Å². The van der Waals surface area contributed by atoms with Gasteiger partial charge in [-0.25, -0.2) is 0 Å². The van der Waals surface area contributed by atoms with E-state index < -0.39 is 0 Å². The molecule has 0 aromatic heterocycles. The van der Waals surface area contributed by atoms with Gasteiger partial charge in [-0.05, 0) is 15.5 Å². The van der Waals surface area contributed by atoms with E-state index in [0.717, 1.165) is 0 Å². The smallest absolute Gasteiger partial charge is 0.0814 e. The van der Waals surface area contributed by atoms with Crippen molar-refractivity contribution < 1.29 is 0 Å². The summed E-state index contributed by atoms with van der Waals surface area (Å²) >= 11 is 0. The standard InChI is InChI=1S/C12H27P.4BH3/c1-10(2,3)13(11(4,5)6)12(7,8)9;;;;/h1-9H3;4*1H3. The van der Waals surface area contributed by atoms with Crippen LogP contribution in [0, 0.1) is 0 Å². The van der Waals surface area contributed by atoms with Crippen LogP contribution in [0.1, 0.15) is 62.3 Å². The van der Waals surface area contributed by atoms with Gasteiger partial charge in [0.25, 0.3) is 0 Å². The van der Waals surface area contributed by atoms with Gasteiger partial charge in [0.1, 0.15) is 0 Å². The molecule has 0 aromatic carbocycles. The van der Waals surface area contributed by atoms with E-state index >= 15 is 0 Å². The Morgan fingerprint density at radius 1 is 0.412 bits per heavy atom. The topological polar surface area (TPSA) is 0 Å². The molecule has 0 amide bonds. The maximum absolute atomic E-state index is 2.38. The molecule has 0 aliphatic rings. The Hall–Kier alpha value is 0.690. The summed E-state index contributed by atoms with van der Waals surface area (Å²) < 4.78 is 0. The van der Waals surface area contributed by atoms with E-state index in [-0.39, 0.29) is 41.6 Å². The van der Waals surface area contributed by atoms with Crippen molar-refractivity contribution in [2.45, 2.75) is 77.8 Å². The van der Waals surface area contributed by atoms with Crippen LogP contribution in [0.15, 0.2) is 0 Å². The summed E-state index contributed by atoms with van der Waals surface area (Å²) in [6.45, 7) is 21.5. The monoisotopic (exact) mass is 258 g/mol. The predicted octanol–water partition coefficient (Wildman–Crippen LogP) is 0.128. The second kappa shape index (κ2) is 8.73. The van der Waals surface area contributed by atoms with Crippen LogP contribution in [0.5, 0.6) is 0 Å². The molecule has 0 spiro atoms. The molecule has 0 aromatic rings. The Balaban J connectivity index is -0.000000120. The molecule has 0 rings (SSSR count). The Bertz CT molecular complexity index is 141. The van der Waals surface area contributed by atoms with E-state index in [1.165, 1.54) is 0 Å². The quantitative estimate of drug-likeness (QED) is 0.427. The highest BCUT2D eigenvalue weighted by molar-refractivity contribution is 7.62. The molecule has 0 radical (unpaired) electrons. The molecule has 0 saturated carbocycles. The van der Waals surface area contributed by atoms with E-state index in [9.17, 15) is 0 Å². The van der Waals surface area contributed by atoms with E-state index in [0.29, 0.717) is 15.5 Å². The highest BCUT2D eigenvalue weighted by Gasteiger charge is 2.41. The molecule has 17 heavy (non-hydrogen) atoms. The van der Waals surface area contributed by atoms with E-state index in [4.69, 9.17) is 0 Å². The van der Waals surface area contributed by atoms with Crippen LogP contribution in [-0.4, -0.2) is 49.1 Å². The molecule has 0 saturated heterocycles. The molecule has 0 nitrogen and oxygen atoms in total. The van der Waals surface area contributed by atoms with Gasteiger partial charge >= 0.3 is 0 Å². The van der Waals surface area contributed by atoms with Crippen molar-refractivity contribution in [3.63, 3.8) is 0 Å². The zero-order chi connectivity index (χ0) is 11.1. The first-order valence-corrected chi connectivity index (χ1v) is 6.51. The van der Waals surface area contributed by atoms with Crippen molar-refractivity contribution in [1.29, 1.82) is 0 Å². The summed E-state index contributed by atoms with van der Waals surface area (Å²) in [5, 5.41) is 1.35. The van der Waals surface area contributed by atoms with E-state index in [2.05, 4.69) is 62.3 Å². The van der Waals surface area contributed by atoms with Gasteiger partial charge in [0.15, 0.2) is 0 Å². The van der Waals surface area contributed by atoms with Crippen molar-refractivity contribution in [2.75, 3.05) is 0 Å². The molecule has 104 valence electrons. The zero-order valence-electron chi connectivity index (χ0n) is 10.9. The van der Waals surface area contributed by atoms with Crippen LogP contribution in [0.3, 0.4) is 0 Å². The van der Waals surface area contributed by atoms with Crippen LogP contribution in [0.4, 0.5) is 0 Å². The van der Waals surface area contributed by atoms with Gasteiger partial charge < -0.3 is 0 Å². The normalized spacial score (nSPS) is 11.6. The maximum atomic E-state index is 2.38. The fourth-order valence-corrected chi connectivity index (χ4v) is 9.06. The largest absolute Gasteiger partial charge is 0.0901 e. The highest BCUT2D eigenvalue weighted by Crippen LogP contribution is 2.66. The first-order chi connectivity index (χ1) is 5.37. The van der Waals surface area contributed by atoms with Gasteiger partial charge in [-0.1, -0.05) is 70.2 Å². The fraction of sp³-hybridized carbons (Fsp3) is 1.00. The lowest BCUT2D eigenvalue weighted by molar-refractivity contribution is 0.644. The third-order valence-corrected chi connectivity index (χ3v) is 6.04. The van der Waals surface area contributed by atoms with Crippen molar-refractivity contribution >= 4 is 41.6 Å². The first-order valence-electron chi connectivity index (χ1n) is 5.17. The Morgan fingerprint density at radius 2 is 0.529 bits per heavy atom. The Labute approximate surface area is 120 Å². The summed E-state index contributed by atoms with van der Waals surface area (Å²) in [5.74, 6) is 0. The SMILES string of the molecule is B.B.B.B.CC(C)(C)P(C(C)(C)C)C(C)(C)C. The number of hydrogen-bond donors (Lipinski definition) is 0. The molecule has 0 fully saturated rings. The van der Waals surface area contributed by atoms with Gasteiger partial charge in [0.2, 0.25) is 0 Å². The summed E-state index contributed by atoms with van der Waals surface area (Å²) in [5.41, 5.74) is 0. The number of hydrogen-bond acceptors (Lipinski definition) is 0. The highest BCUT2D eigenvalue weighted by atomic mass is 31.1. The van der Waals surface area contributed by atoms with Crippen molar-refractivity contribution in [2.24, 2.45) is 0 Å². The molecular formula is C12H39B4P. The average molecular weight is 258 g/mol. The second-order valence-electron chi connectivity index (χ2n) is 6.85. The third-order valence-electron chi connectivity index (χ3n) is 2.01. The molecule has 0 N–H and O–H groups in total. The zero-order valence-corrected chi connectivity index (χ0v) is 11.8. The van der Waals surface area contributed by atoms with Gasteiger partial charge in [0.05, 0.1) is 33.7 Å². The average Bonchev–Trinajstić information content (AvgIpc) is 1.44. The third kappa shape index (κ3) is 10.3. The van der Waals surface area contributed by atoms with Crippen LogP contribution in [0.25, 0.3) is 0 Å². The fourth-order valence-electron chi connectivity index (χ4n) is 3.02. The first kappa shape index (κ1) is 30.6. The summed E-state index contributed by atoms with van der Waals surface area (Å²) in [7, 11) is 0.0162. The Kier molecular flexibility index (Phi) is 15.7. The van der Waals surface area contributed by atoms with E-state index in [1.807, 2.05) is 0 Å². The van der Waals surface area contributed by atoms with Gasteiger partial charge in [0, 0.05) is 0 Å². The molecule has 0 aliphatic heterocycles. The van der Waals surface area contributed by atoms with Gasteiger partial charge in [-0.3, -0.25) is 0 Å². The Morgan fingerprint density at radius 3 is 0.529 bits per heavy atom. The maximum Gasteiger partial charge on any atom is 0.0814 e. The van der Waals surface area contributed by atoms with Gasteiger partial charge in [-0.2, -0.15) is 0 Å². The molecule has 0 atom stereocenters. The van der Waals surface area contributed by atoms with Crippen LogP contribution >= 0.6 is 7.92 Å². The van der Waals surface area contributed by atoms with Crippen molar-refractivity contribution in [3.05, 3.63) is 0 Å². The van der Waals surface area contributed by atoms with Crippen molar-refractivity contribution in [1.82, 2.24) is 0 Å². The lowest BCUT2D eigenvalue weighted by Crippen LogP contribution is -2.34. The summed E-state index contributed by atoms with van der Waals surface area (Å²) in [4.78, 5) is 0. The lowest BCUT2D eigenvalue weighted by Gasteiger charge is -2.49. The molecule has 0 aliphatic carbocycles. The molecule has 0 unspecified atom stereocenters. The van der Waals surface area contributed by atoms with Crippen molar-refractivity contribution in [3.8, 4) is 0 Å². The molecule has 0 bridgehead atoms. The molecule has 5 heteroatoms. The summed E-state index contributed by atoms with van der Waals surface area (Å²) in [6, 6.07) is 0. The second-order valence-corrected chi connectivity index (χ2v) is 11.5. The molecule has 0 heterocycles. The predicted molar refractivity (Wildman–Crippen MR) is 106 cm³/mol. The van der Waals surface area contributed by atoms with Crippen LogP contribution < -0.4 is 0 Å². The summed E-state index contributed by atoms with van der Waals surface area (Å²) in [6.07, 6.45) is 0. The van der Waals surface area contributed by atoms with Crippen LogP contribution in [0.2, 0.25) is 0 Å². The minimum absolute atomic E-state index is 0. The van der Waals surface area contributed by atoms with Crippen LogP contribution in [-0.2, 0) is 0 Å². The lowest BCUT2D eigenvalue weighted by atomic mass is 10.2. The van der Waals surface area contributed by atoms with Gasteiger partial charge in [-0.15, -0.1) is 0 Å². The minimum Gasteiger partial charge on any atom is -0.0901 e. The minimum atomic E-state index is 0. The molecular weight excluding hydrogens is 218 g/mol. The number of rotatable bonds is 0.